The van der Waals surface area contributed by atoms with Gasteiger partial charge in [-0.1, -0.05) is 0 Å². The molecule has 1 heterocycles. The number of ketones is 1. The maximum Gasteiger partial charge on any atom is 0.194 e. The van der Waals surface area contributed by atoms with Crippen molar-refractivity contribution in [2.45, 2.75) is 54.9 Å². The van der Waals surface area contributed by atoms with Crippen molar-refractivity contribution in [1.29, 1.82) is 0 Å². The quantitative estimate of drug-likeness (QED) is 0.212. The fourth-order valence-corrected chi connectivity index (χ4v) is 2.25. The van der Waals surface area contributed by atoms with Crippen molar-refractivity contribution in [3.63, 3.8) is 0 Å². The van der Waals surface area contributed by atoms with Crippen LogP contribution in [0.5, 0.6) is 0 Å². The van der Waals surface area contributed by atoms with E-state index in [4.69, 9.17) is 20.7 Å². The van der Waals surface area contributed by atoms with Crippen molar-refractivity contribution < 1.29 is 50.4 Å². The average molecular weight is 341 g/mol. The van der Waals surface area contributed by atoms with Gasteiger partial charge in [-0.25, -0.2) is 0 Å². The van der Waals surface area contributed by atoms with Crippen molar-refractivity contribution in [3.05, 3.63) is 0 Å². The van der Waals surface area contributed by atoms with Crippen LogP contribution >= 0.6 is 0 Å². The lowest BCUT2D eigenvalue weighted by molar-refractivity contribution is -0.200. The van der Waals surface area contributed by atoms with E-state index in [1.807, 2.05) is 0 Å². The van der Waals surface area contributed by atoms with Crippen molar-refractivity contribution in [2.75, 3.05) is 13.2 Å². The highest BCUT2D eigenvalue weighted by Crippen LogP contribution is 2.22. The second kappa shape index (κ2) is 8.39. The molecule has 11 heteroatoms. The number of carbonyl (C=O) groups excluding carboxylic acids is 1. The molecule has 1 aliphatic heterocycles. The summed E-state index contributed by atoms with van der Waals surface area (Å²) >= 11 is 0. The molecule has 11 nitrogen and oxygen atoms in total. The Morgan fingerprint density at radius 2 is 1.61 bits per heavy atom. The van der Waals surface area contributed by atoms with Crippen LogP contribution in [0.1, 0.15) is 0 Å². The number of hydrogen-bond acceptors (Lipinski definition) is 11. The lowest BCUT2D eigenvalue weighted by atomic mass is 9.88. The Labute approximate surface area is 131 Å². The summed E-state index contributed by atoms with van der Waals surface area (Å²) in [5, 5.41) is 75.2. The molecule has 0 radical (unpaired) electrons. The van der Waals surface area contributed by atoms with Crippen LogP contribution in [0.2, 0.25) is 0 Å². The monoisotopic (exact) mass is 341 g/mol. The van der Waals surface area contributed by atoms with Crippen LogP contribution in [0.4, 0.5) is 0 Å². The first kappa shape index (κ1) is 20.3. The Balaban J connectivity index is 2.85. The van der Waals surface area contributed by atoms with Gasteiger partial charge in [0.15, 0.2) is 5.78 Å². The van der Waals surface area contributed by atoms with Crippen molar-refractivity contribution in [3.8, 4) is 0 Å². The Hall–Kier alpha value is -0.730. The molecule has 0 aromatic heterocycles. The van der Waals surface area contributed by atoms with E-state index < -0.39 is 73.9 Å². The van der Waals surface area contributed by atoms with Crippen LogP contribution in [0.3, 0.4) is 0 Å². The number of aliphatic hydroxyl groups excluding tert-OH is 8. The number of aliphatic hydroxyl groups is 8. The summed E-state index contributed by atoms with van der Waals surface area (Å²) < 4.78 is 5.03. The molecular weight excluding hydrogens is 318 g/mol. The molecule has 10 N–H and O–H groups in total. The van der Waals surface area contributed by atoms with E-state index in [0.29, 0.717) is 0 Å². The number of ether oxygens (including phenoxy) is 1. The molecule has 1 fully saturated rings. The van der Waals surface area contributed by atoms with Gasteiger partial charge in [-0.15, -0.1) is 0 Å². The molecule has 1 aliphatic rings. The molecule has 0 saturated carbocycles. The van der Waals surface area contributed by atoms with Crippen molar-refractivity contribution in [1.82, 2.24) is 0 Å². The summed E-state index contributed by atoms with van der Waals surface area (Å²) in [6.45, 7) is -1.66. The maximum atomic E-state index is 12.1. The smallest absolute Gasteiger partial charge is 0.194 e. The van der Waals surface area contributed by atoms with Gasteiger partial charge in [0, 0.05) is 0 Å². The van der Waals surface area contributed by atoms with Crippen molar-refractivity contribution in [2.24, 2.45) is 5.73 Å². The lowest BCUT2D eigenvalue weighted by Gasteiger charge is -2.41. The Bertz CT molecular complexity index is 394. The van der Waals surface area contributed by atoms with Gasteiger partial charge >= 0.3 is 0 Å². The fourth-order valence-electron chi connectivity index (χ4n) is 2.25. The van der Waals surface area contributed by atoms with E-state index in [1.165, 1.54) is 0 Å². The number of Topliss-reactive ketones (excluding diaryl/α,β-unsaturated/α-hetero) is 1. The van der Waals surface area contributed by atoms with Crippen LogP contribution in [-0.4, -0.2) is 115 Å². The summed E-state index contributed by atoms with van der Waals surface area (Å²) in [7, 11) is 0. The zero-order valence-corrected chi connectivity index (χ0v) is 12.1. The second-order valence-corrected chi connectivity index (χ2v) is 5.41. The summed E-state index contributed by atoms with van der Waals surface area (Å²) in [6.07, 6.45) is -14.4. The highest BCUT2D eigenvalue weighted by Gasteiger charge is 2.48. The van der Waals surface area contributed by atoms with Crippen LogP contribution < -0.4 is 5.73 Å². The zero-order valence-electron chi connectivity index (χ0n) is 12.1. The van der Waals surface area contributed by atoms with E-state index in [-0.39, 0.29) is 0 Å². The molecule has 1 rings (SSSR count). The molecule has 0 spiro atoms. The third kappa shape index (κ3) is 4.22. The molecule has 0 aromatic carbocycles. The number of hydrogen-bond donors (Lipinski definition) is 9. The lowest BCUT2D eigenvalue weighted by Crippen LogP contribution is -2.66. The molecule has 1 unspecified atom stereocenters. The minimum Gasteiger partial charge on any atom is -0.394 e. The van der Waals surface area contributed by atoms with Crippen LogP contribution in [0.25, 0.3) is 0 Å². The van der Waals surface area contributed by atoms with Crippen molar-refractivity contribution >= 4 is 5.78 Å². The number of nitrogens with two attached hydrogens (primary N) is 1. The highest BCUT2D eigenvalue weighted by molar-refractivity contribution is 5.88. The first-order chi connectivity index (χ1) is 10.7. The van der Waals surface area contributed by atoms with Gasteiger partial charge < -0.3 is 51.3 Å². The Morgan fingerprint density at radius 1 is 1.04 bits per heavy atom. The third-order valence-corrected chi connectivity index (χ3v) is 3.80. The standard InChI is InChI=1S/C12H23NO10/c13-5-8(19)7(18)4(2-15)23-12(5)11(22)10(21)9(20)6(17)3(16)1-14/h3-10,12,14-21H,1-2,13H2/t3-,4-,5-,6+,7+,8-,9+,10-,12?/m1/s1. The largest absolute Gasteiger partial charge is 0.394 e. The normalized spacial score (nSPS) is 37.0. The highest BCUT2D eigenvalue weighted by atomic mass is 16.5. The fraction of sp³-hybridized carbons (Fsp3) is 0.917. The van der Waals surface area contributed by atoms with Gasteiger partial charge in [-0.05, 0) is 0 Å². The third-order valence-electron chi connectivity index (χ3n) is 3.80. The SMILES string of the molecule is N[C@H]1C(C(=O)[C@H](O)[C@@H](O)[C@@H](O)[C@H](O)CO)O[C@H](CO)[C@H](O)[C@@H]1O. The van der Waals surface area contributed by atoms with Gasteiger partial charge in [-0.2, -0.15) is 0 Å². The molecule has 0 aliphatic carbocycles. The van der Waals surface area contributed by atoms with E-state index >= 15 is 0 Å². The minimum atomic E-state index is -2.25. The second-order valence-electron chi connectivity index (χ2n) is 5.41. The number of carbonyl (C=O) groups is 1. The van der Waals surface area contributed by atoms with Crippen LogP contribution in [0, 0.1) is 0 Å². The zero-order chi connectivity index (χ0) is 17.9. The average Bonchev–Trinajstić information content (AvgIpc) is 2.56. The molecule has 0 bridgehead atoms. The molecular formula is C12H23NO10. The first-order valence-corrected chi connectivity index (χ1v) is 6.92. The predicted octanol–water partition coefficient (Wildman–Crippen LogP) is -6.20. The van der Waals surface area contributed by atoms with E-state index in [9.17, 15) is 35.4 Å². The minimum absolute atomic E-state index is 0.737. The van der Waals surface area contributed by atoms with Crippen LogP contribution in [0.15, 0.2) is 0 Å². The molecule has 0 aromatic rings. The van der Waals surface area contributed by atoms with Gasteiger partial charge in [-0.3, -0.25) is 4.79 Å². The maximum absolute atomic E-state index is 12.1. The Kier molecular flexibility index (Phi) is 7.41. The van der Waals surface area contributed by atoms with Gasteiger partial charge in [0.25, 0.3) is 0 Å². The van der Waals surface area contributed by atoms with E-state index in [2.05, 4.69) is 0 Å². The molecule has 136 valence electrons. The summed E-state index contributed by atoms with van der Waals surface area (Å²) in [5.41, 5.74) is 5.55. The van der Waals surface area contributed by atoms with E-state index in [0.717, 1.165) is 0 Å². The van der Waals surface area contributed by atoms with E-state index in [1.54, 1.807) is 0 Å². The Morgan fingerprint density at radius 3 is 2.09 bits per heavy atom. The predicted molar refractivity (Wildman–Crippen MR) is 71.9 cm³/mol. The first-order valence-electron chi connectivity index (χ1n) is 6.92. The summed E-state index contributed by atoms with van der Waals surface area (Å²) in [5.74, 6) is -1.22. The van der Waals surface area contributed by atoms with Gasteiger partial charge in [0.2, 0.25) is 0 Å². The summed E-state index contributed by atoms with van der Waals surface area (Å²) in [6, 6.07) is -1.46. The molecule has 23 heavy (non-hydrogen) atoms. The summed E-state index contributed by atoms with van der Waals surface area (Å²) in [4.78, 5) is 12.1. The van der Waals surface area contributed by atoms with Gasteiger partial charge in [0.05, 0.1) is 19.3 Å². The molecule has 0 amide bonds. The topological polar surface area (TPSA) is 214 Å². The molecule has 1 saturated heterocycles. The van der Waals surface area contributed by atoms with Crippen LogP contribution in [-0.2, 0) is 9.53 Å². The number of rotatable bonds is 7. The van der Waals surface area contributed by atoms with Gasteiger partial charge in [0.1, 0.15) is 48.8 Å². The molecule has 9 atom stereocenters.